The minimum absolute atomic E-state index is 0.0687. The van der Waals surface area contributed by atoms with Crippen LogP contribution in [0.5, 0.6) is 0 Å². The molecule has 0 aromatic rings. The van der Waals surface area contributed by atoms with Crippen LogP contribution in [0.15, 0.2) is 0 Å². The summed E-state index contributed by atoms with van der Waals surface area (Å²) in [6.07, 6.45) is -13.8. The summed E-state index contributed by atoms with van der Waals surface area (Å²) in [7, 11) is 0. The Bertz CT molecular complexity index is 297. The lowest BCUT2D eigenvalue weighted by atomic mass is 9.79. The zero-order valence-corrected chi connectivity index (χ0v) is 11.2. The van der Waals surface area contributed by atoms with Gasteiger partial charge in [-0.2, -0.15) is 43.9 Å². The second kappa shape index (κ2) is 6.15. The summed E-state index contributed by atoms with van der Waals surface area (Å²) in [5.41, 5.74) is -6.16. The average molecular weight is 342 g/mol. The van der Waals surface area contributed by atoms with Gasteiger partial charge in [0.25, 0.3) is 5.67 Å². The normalized spacial score (nSPS) is 14.9. The van der Waals surface area contributed by atoms with Crippen LogP contribution in [0.4, 0.5) is 48.3 Å². The maximum absolute atomic E-state index is 13.5. The lowest BCUT2D eigenvalue weighted by molar-refractivity contribution is -0.414. The molecule has 21 heavy (non-hydrogen) atoms. The molecule has 0 heterocycles. The molecule has 0 aliphatic rings. The third kappa shape index (κ3) is 3.36. The summed E-state index contributed by atoms with van der Waals surface area (Å²) in [5.74, 6) is -16.7. The third-order valence-corrected chi connectivity index (χ3v) is 2.42. The van der Waals surface area contributed by atoms with Crippen LogP contribution < -0.4 is 0 Å². The number of hydrogen-bond donors (Lipinski definition) is 0. The number of alkyl halides is 11. The molecule has 0 saturated heterocycles. The molecule has 0 fully saturated rings. The van der Waals surface area contributed by atoms with E-state index in [9.17, 15) is 48.3 Å². The summed E-state index contributed by atoms with van der Waals surface area (Å²) in [6, 6.07) is 0. The Balaban J connectivity index is 0. The van der Waals surface area contributed by atoms with E-state index in [1.54, 1.807) is 0 Å². The molecule has 0 spiro atoms. The molecule has 0 radical (unpaired) electrons. The first-order valence-electron chi connectivity index (χ1n) is 5.52. The van der Waals surface area contributed by atoms with Crippen LogP contribution in [0, 0.1) is 5.92 Å². The quantitative estimate of drug-likeness (QED) is 0.571. The van der Waals surface area contributed by atoms with Gasteiger partial charge in [-0.25, -0.2) is 4.39 Å². The molecule has 0 N–H and O–H groups in total. The lowest BCUT2D eigenvalue weighted by Crippen LogP contribution is -2.70. The Labute approximate surface area is 113 Å². The third-order valence-electron chi connectivity index (χ3n) is 2.42. The summed E-state index contributed by atoms with van der Waals surface area (Å²) < 4.78 is 136. The molecule has 0 aromatic heterocycles. The van der Waals surface area contributed by atoms with Crippen molar-refractivity contribution in [1.82, 2.24) is 0 Å². The lowest BCUT2D eigenvalue weighted by Gasteiger charge is -2.42. The predicted octanol–water partition coefficient (Wildman–Crippen LogP) is 5.77. The van der Waals surface area contributed by atoms with Gasteiger partial charge in [0.2, 0.25) is 0 Å². The zero-order valence-electron chi connectivity index (χ0n) is 11.2. The van der Waals surface area contributed by atoms with Crippen molar-refractivity contribution >= 4 is 0 Å². The van der Waals surface area contributed by atoms with Gasteiger partial charge in [-0.3, -0.25) is 0 Å². The molecule has 0 aromatic carbocycles. The van der Waals surface area contributed by atoms with Crippen LogP contribution in [-0.2, 0) is 0 Å². The highest BCUT2D eigenvalue weighted by Gasteiger charge is 2.86. The topological polar surface area (TPSA) is 0 Å². The molecule has 0 aliphatic heterocycles. The van der Waals surface area contributed by atoms with Crippen LogP contribution in [0.2, 0.25) is 0 Å². The smallest absolute Gasteiger partial charge is 0.229 e. The van der Waals surface area contributed by atoms with Crippen molar-refractivity contribution in [3.8, 4) is 0 Å². The number of hydrogen-bond acceptors (Lipinski definition) is 0. The summed E-state index contributed by atoms with van der Waals surface area (Å²) in [5, 5.41) is 0. The fourth-order valence-electron chi connectivity index (χ4n) is 1.33. The van der Waals surface area contributed by atoms with Gasteiger partial charge in [-0.15, -0.1) is 0 Å². The SMILES string of the molecule is CC.CC(C)C(F)(C(F)(F)C(F)(F)F)C(F)(F)C(F)(F)F. The van der Waals surface area contributed by atoms with Gasteiger partial charge in [0.05, 0.1) is 0 Å². The van der Waals surface area contributed by atoms with Crippen molar-refractivity contribution in [3.63, 3.8) is 0 Å². The van der Waals surface area contributed by atoms with E-state index in [2.05, 4.69) is 0 Å². The molecule has 130 valence electrons. The highest BCUT2D eigenvalue weighted by Crippen LogP contribution is 2.59. The summed E-state index contributed by atoms with van der Waals surface area (Å²) >= 11 is 0. The van der Waals surface area contributed by atoms with Gasteiger partial charge in [-0.05, 0) is 0 Å². The highest BCUT2D eigenvalue weighted by atomic mass is 19.4. The molecule has 0 saturated carbocycles. The summed E-state index contributed by atoms with van der Waals surface area (Å²) in [4.78, 5) is 0. The molecule has 0 unspecified atom stereocenters. The molecule has 0 aliphatic carbocycles. The fourth-order valence-corrected chi connectivity index (χ4v) is 1.33. The molecular formula is C10H13F11. The Kier molecular flexibility index (Phi) is 6.59. The van der Waals surface area contributed by atoms with E-state index in [4.69, 9.17) is 0 Å². The molecule has 0 amide bonds. The second-order valence-electron chi connectivity index (χ2n) is 4.01. The van der Waals surface area contributed by atoms with Crippen molar-refractivity contribution in [3.05, 3.63) is 0 Å². The largest absolute Gasteiger partial charge is 0.457 e. The molecular weight excluding hydrogens is 329 g/mol. The van der Waals surface area contributed by atoms with E-state index >= 15 is 0 Å². The maximum atomic E-state index is 13.5. The molecule has 0 rings (SSSR count). The monoisotopic (exact) mass is 342 g/mol. The summed E-state index contributed by atoms with van der Waals surface area (Å²) in [6.45, 7) is 4.14. The second-order valence-corrected chi connectivity index (χ2v) is 4.01. The van der Waals surface area contributed by atoms with Gasteiger partial charge in [0.15, 0.2) is 0 Å². The Morgan fingerprint density at radius 1 is 0.524 bits per heavy atom. The minimum Gasteiger partial charge on any atom is -0.229 e. The first-order valence-corrected chi connectivity index (χ1v) is 5.52. The number of rotatable bonds is 3. The highest BCUT2D eigenvalue weighted by molar-refractivity contribution is 5.11. The number of halogens is 11. The van der Waals surface area contributed by atoms with E-state index in [0.29, 0.717) is 0 Å². The van der Waals surface area contributed by atoms with E-state index in [-0.39, 0.29) is 13.8 Å². The van der Waals surface area contributed by atoms with Crippen LogP contribution in [-0.4, -0.2) is 29.9 Å². The van der Waals surface area contributed by atoms with E-state index < -0.39 is 35.8 Å². The molecule has 0 bridgehead atoms. The van der Waals surface area contributed by atoms with E-state index in [1.807, 2.05) is 13.8 Å². The minimum atomic E-state index is -6.90. The molecule has 0 nitrogen and oxygen atoms in total. The standard InChI is InChI=1S/C8H7F11.C2H6/c1-3(2)4(9,5(10,11)7(14,15)16)6(12,13)8(17,18)19;1-2/h3H,1-2H3;1-2H3. The van der Waals surface area contributed by atoms with Gasteiger partial charge in [-0.1, -0.05) is 27.7 Å². The Morgan fingerprint density at radius 3 is 0.810 bits per heavy atom. The zero-order chi connectivity index (χ0) is 18.1. The Hall–Kier alpha value is -0.770. The van der Waals surface area contributed by atoms with Gasteiger partial charge >= 0.3 is 24.2 Å². The van der Waals surface area contributed by atoms with Crippen LogP contribution in [0.25, 0.3) is 0 Å². The predicted molar refractivity (Wildman–Crippen MR) is 52.0 cm³/mol. The van der Waals surface area contributed by atoms with Gasteiger partial charge in [0, 0.05) is 5.92 Å². The van der Waals surface area contributed by atoms with E-state index in [0.717, 1.165) is 0 Å². The molecule has 11 heteroatoms. The van der Waals surface area contributed by atoms with Crippen molar-refractivity contribution in [2.24, 2.45) is 5.92 Å². The first kappa shape index (κ1) is 22.5. The van der Waals surface area contributed by atoms with Crippen LogP contribution >= 0.6 is 0 Å². The van der Waals surface area contributed by atoms with Crippen LogP contribution in [0.3, 0.4) is 0 Å². The van der Waals surface area contributed by atoms with E-state index in [1.165, 1.54) is 0 Å². The van der Waals surface area contributed by atoms with Crippen molar-refractivity contribution in [1.29, 1.82) is 0 Å². The fraction of sp³-hybridized carbons (Fsp3) is 1.00. The first-order chi connectivity index (χ1) is 8.94. The van der Waals surface area contributed by atoms with Gasteiger partial charge in [0.1, 0.15) is 0 Å². The van der Waals surface area contributed by atoms with Crippen molar-refractivity contribution in [2.45, 2.75) is 57.6 Å². The Morgan fingerprint density at radius 2 is 0.714 bits per heavy atom. The van der Waals surface area contributed by atoms with Crippen molar-refractivity contribution < 1.29 is 48.3 Å². The van der Waals surface area contributed by atoms with Crippen LogP contribution in [0.1, 0.15) is 27.7 Å². The maximum Gasteiger partial charge on any atom is 0.457 e. The molecule has 0 atom stereocenters. The van der Waals surface area contributed by atoms with Crippen molar-refractivity contribution in [2.75, 3.05) is 0 Å². The average Bonchev–Trinajstić information content (AvgIpc) is 2.26. The van der Waals surface area contributed by atoms with Gasteiger partial charge < -0.3 is 0 Å².